The number of halogens is 2. The minimum atomic E-state index is -0.824. The Bertz CT molecular complexity index is 1160. The normalized spacial score (nSPS) is 32.3. The van der Waals surface area contributed by atoms with Crippen LogP contribution in [-0.4, -0.2) is 47.0 Å². The average molecular weight is 487 g/mol. The molecule has 0 spiro atoms. The molecule has 9 heteroatoms. The van der Waals surface area contributed by atoms with Crippen LogP contribution in [0.15, 0.2) is 35.3 Å². The van der Waals surface area contributed by atoms with E-state index in [0.29, 0.717) is 56.5 Å². The Morgan fingerprint density at radius 1 is 1.03 bits per heavy atom. The molecular formula is C25H28ClFN4O3. The van der Waals surface area contributed by atoms with Crippen LogP contribution < -0.4 is 15.4 Å². The average Bonchev–Trinajstić information content (AvgIpc) is 2.80. The molecule has 1 aromatic heterocycles. The van der Waals surface area contributed by atoms with Crippen molar-refractivity contribution in [2.24, 2.45) is 23.7 Å². The molecule has 2 heterocycles. The van der Waals surface area contributed by atoms with Crippen molar-refractivity contribution in [3.8, 4) is 0 Å². The van der Waals surface area contributed by atoms with Crippen molar-refractivity contribution in [2.45, 2.75) is 37.6 Å². The fraction of sp³-hybridized carbons (Fsp3) is 0.560. The van der Waals surface area contributed by atoms with Gasteiger partial charge in [-0.1, -0.05) is 11.6 Å². The molecule has 4 bridgehead atoms. The molecule has 0 radical (unpaired) electrons. The molecule has 1 aliphatic heterocycles. The van der Waals surface area contributed by atoms with E-state index >= 15 is 0 Å². The smallest absolute Gasteiger partial charge is 0.309 e. The molecule has 180 valence electrons. The van der Waals surface area contributed by atoms with E-state index in [9.17, 15) is 19.1 Å². The molecule has 2 unspecified atom stereocenters. The molecule has 5 atom stereocenters. The van der Waals surface area contributed by atoms with Crippen LogP contribution >= 0.6 is 11.6 Å². The van der Waals surface area contributed by atoms with E-state index in [2.05, 4.69) is 14.9 Å². The number of nitrogens with zero attached hydrogens (tertiary/aromatic N) is 4. The predicted molar refractivity (Wildman–Crippen MR) is 127 cm³/mol. The highest BCUT2D eigenvalue weighted by Gasteiger charge is 2.61. The molecule has 0 amide bonds. The van der Waals surface area contributed by atoms with Gasteiger partial charge in [0.1, 0.15) is 10.8 Å². The van der Waals surface area contributed by atoms with Gasteiger partial charge < -0.3 is 14.9 Å². The molecule has 5 fully saturated rings. The number of carboxylic acids is 1. The van der Waals surface area contributed by atoms with Crippen LogP contribution in [0.4, 0.5) is 15.8 Å². The van der Waals surface area contributed by atoms with E-state index in [1.165, 1.54) is 16.8 Å². The van der Waals surface area contributed by atoms with Gasteiger partial charge in [-0.25, -0.2) is 9.07 Å². The summed E-state index contributed by atoms with van der Waals surface area (Å²) in [6.07, 6.45) is 6.03. The Morgan fingerprint density at radius 2 is 1.65 bits per heavy atom. The Labute approximate surface area is 202 Å². The predicted octanol–water partition coefficient (Wildman–Crippen LogP) is 3.60. The van der Waals surface area contributed by atoms with Gasteiger partial charge in [0.05, 0.1) is 23.3 Å². The number of piperazine rings is 1. The Balaban J connectivity index is 1.27. The van der Waals surface area contributed by atoms with Gasteiger partial charge in [-0.3, -0.25) is 9.59 Å². The van der Waals surface area contributed by atoms with Crippen LogP contribution in [0.25, 0.3) is 0 Å². The summed E-state index contributed by atoms with van der Waals surface area (Å²) in [5.41, 5.74) is 0.398. The summed E-state index contributed by atoms with van der Waals surface area (Å²) in [5, 5.41) is 14.8. The van der Waals surface area contributed by atoms with E-state index in [-0.39, 0.29) is 22.3 Å². The van der Waals surface area contributed by atoms with Crippen molar-refractivity contribution in [3.63, 3.8) is 0 Å². The molecule has 1 saturated heterocycles. The van der Waals surface area contributed by atoms with Gasteiger partial charge in [-0.05, 0) is 74.1 Å². The first-order chi connectivity index (χ1) is 16.4. The largest absolute Gasteiger partial charge is 0.481 e. The lowest BCUT2D eigenvalue weighted by Crippen LogP contribution is -2.63. The lowest BCUT2D eigenvalue weighted by atomic mass is 9.48. The van der Waals surface area contributed by atoms with Gasteiger partial charge in [0, 0.05) is 31.9 Å². The number of hydrogen-bond donors (Lipinski definition) is 1. The second-order valence-electron chi connectivity index (χ2n) is 10.5. The van der Waals surface area contributed by atoms with Crippen molar-refractivity contribution >= 4 is 28.9 Å². The molecule has 7 nitrogen and oxygen atoms in total. The van der Waals surface area contributed by atoms with E-state index in [4.69, 9.17) is 11.6 Å². The second kappa shape index (κ2) is 7.97. The molecule has 1 N–H and O–H groups in total. The standard InChI is InChI=1S/C25H28ClFN4O3/c26-22-20(30-7-5-29(6-8-30)19-3-1-18(27)2-4-19)14-28-31(23(22)32)25-12-15-9-16(13-25)11-17(10-15)21(25)24(33)34/h1-4,14-17,21H,5-13H2,(H,33,34)/t15-,16+,17?,21-,25?/m0/s1. The zero-order valence-corrected chi connectivity index (χ0v) is 19.6. The van der Waals surface area contributed by atoms with Gasteiger partial charge in [0.15, 0.2) is 0 Å². The number of aliphatic carboxylic acids is 1. The second-order valence-corrected chi connectivity index (χ2v) is 10.9. The van der Waals surface area contributed by atoms with Gasteiger partial charge in [0.2, 0.25) is 0 Å². The SMILES string of the molecule is O=C(O)[C@@H]1C2C[C@@H]3C[C@H](C2)CC1(n1ncc(N2CCN(c4ccc(F)cc4)CC2)c(Cl)c1=O)C3. The third kappa shape index (κ3) is 3.33. The lowest BCUT2D eigenvalue weighted by molar-refractivity contribution is -0.168. The molecule has 7 rings (SSSR count). The molecular weight excluding hydrogens is 459 g/mol. The van der Waals surface area contributed by atoms with Crippen LogP contribution in [-0.2, 0) is 10.3 Å². The molecule has 34 heavy (non-hydrogen) atoms. The van der Waals surface area contributed by atoms with E-state index in [0.717, 1.165) is 24.9 Å². The zero-order chi connectivity index (χ0) is 23.6. The van der Waals surface area contributed by atoms with Gasteiger partial charge in [-0.15, -0.1) is 0 Å². The van der Waals surface area contributed by atoms with Gasteiger partial charge in [0.25, 0.3) is 5.56 Å². The number of carbonyl (C=O) groups is 1. The van der Waals surface area contributed by atoms with E-state index < -0.39 is 17.4 Å². The minimum absolute atomic E-state index is 0.107. The molecule has 2 aromatic rings. The quantitative estimate of drug-likeness (QED) is 0.711. The minimum Gasteiger partial charge on any atom is -0.481 e. The Kier molecular flexibility index (Phi) is 5.13. The Hall–Kier alpha value is -2.61. The topological polar surface area (TPSA) is 78.7 Å². The number of rotatable bonds is 4. The maximum absolute atomic E-state index is 13.5. The maximum atomic E-state index is 13.5. The van der Waals surface area contributed by atoms with Crippen molar-refractivity contribution < 1.29 is 14.3 Å². The fourth-order valence-electron chi connectivity index (χ4n) is 7.55. The van der Waals surface area contributed by atoms with Gasteiger partial charge in [-0.2, -0.15) is 5.10 Å². The highest BCUT2D eigenvalue weighted by atomic mass is 35.5. The summed E-state index contributed by atoms with van der Waals surface area (Å²) in [6, 6.07) is 6.45. The highest BCUT2D eigenvalue weighted by molar-refractivity contribution is 6.33. The number of benzene rings is 1. The molecule has 4 saturated carbocycles. The highest BCUT2D eigenvalue weighted by Crippen LogP contribution is 2.61. The number of hydrogen-bond acceptors (Lipinski definition) is 5. The number of carboxylic acid groups (broad SMARTS) is 1. The van der Waals surface area contributed by atoms with Crippen LogP contribution in [0.5, 0.6) is 0 Å². The summed E-state index contributed by atoms with van der Waals surface area (Å²) >= 11 is 6.65. The third-order valence-electron chi connectivity index (χ3n) is 8.67. The first kappa shape index (κ1) is 21.9. The van der Waals surface area contributed by atoms with E-state index in [1.54, 1.807) is 18.3 Å². The molecule has 4 aliphatic carbocycles. The van der Waals surface area contributed by atoms with Gasteiger partial charge >= 0.3 is 5.97 Å². The number of aromatic nitrogens is 2. The molecule has 1 aromatic carbocycles. The summed E-state index contributed by atoms with van der Waals surface area (Å²) < 4.78 is 14.7. The lowest BCUT2D eigenvalue weighted by Gasteiger charge is -2.59. The van der Waals surface area contributed by atoms with Crippen molar-refractivity contribution in [1.29, 1.82) is 0 Å². The van der Waals surface area contributed by atoms with Crippen LogP contribution in [0.3, 0.4) is 0 Å². The summed E-state index contributed by atoms with van der Waals surface area (Å²) in [5.74, 6) is -0.652. The van der Waals surface area contributed by atoms with Crippen LogP contribution in [0, 0.1) is 29.5 Å². The Morgan fingerprint density at radius 3 is 2.26 bits per heavy atom. The van der Waals surface area contributed by atoms with Crippen LogP contribution in [0.2, 0.25) is 5.02 Å². The fourth-order valence-corrected chi connectivity index (χ4v) is 7.80. The van der Waals surface area contributed by atoms with Crippen molar-refractivity contribution in [1.82, 2.24) is 9.78 Å². The monoisotopic (exact) mass is 486 g/mol. The number of anilines is 2. The zero-order valence-electron chi connectivity index (χ0n) is 18.9. The summed E-state index contributed by atoms with van der Waals surface area (Å²) in [7, 11) is 0. The van der Waals surface area contributed by atoms with Crippen LogP contribution in [0.1, 0.15) is 32.1 Å². The third-order valence-corrected chi connectivity index (χ3v) is 9.03. The van der Waals surface area contributed by atoms with Crippen molar-refractivity contribution in [3.05, 3.63) is 51.7 Å². The first-order valence-corrected chi connectivity index (χ1v) is 12.5. The van der Waals surface area contributed by atoms with Crippen molar-refractivity contribution in [2.75, 3.05) is 36.0 Å². The summed E-state index contributed by atoms with van der Waals surface area (Å²) in [4.78, 5) is 30.1. The maximum Gasteiger partial charge on any atom is 0.309 e. The van der Waals surface area contributed by atoms with E-state index in [1.807, 2.05) is 0 Å². The molecule has 5 aliphatic rings. The first-order valence-electron chi connectivity index (χ1n) is 12.1. The summed E-state index contributed by atoms with van der Waals surface area (Å²) in [6.45, 7) is 2.72.